The van der Waals surface area contributed by atoms with E-state index in [-0.39, 0.29) is 11.4 Å². The number of halogens is 1. The number of hydrogen-bond donors (Lipinski definition) is 1. The van der Waals surface area contributed by atoms with Crippen LogP contribution in [-0.4, -0.2) is 35.9 Å². The quantitative estimate of drug-likeness (QED) is 0.500. The Morgan fingerprint density at radius 2 is 1.81 bits per heavy atom. The van der Waals surface area contributed by atoms with Gasteiger partial charge in [0, 0.05) is 6.08 Å². The van der Waals surface area contributed by atoms with Crippen LogP contribution in [0.15, 0.2) is 58.8 Å². The molecule has 7 nitrogen and oxygen atoms in total. The Balaban J connectivity index is 1.39. The molecule has 8 heteroatoms. The summed E-state index contributed by atoms with van der Waals surface area (Å²) in [5.74, 6) is 1.60. The van der Waals surface area contributed by atoms with Crippen LogP contribution in [-0.2, 0) is 9.63 Å². The monoisotopic (exact) mass is 451 g/mol. The smallest absolute Gasteiger partial charge is 0.282 e. The molecule has 2 aliphatic heterocycles. The first-order chi connectivity index (χ1) is 15.3. The average molecular weight is 452 g/mol. The molecule has 4 rings (SSSR count). The highest BCUT2D eigenvalue weighted by Gasteiger charge is 2.34. The molecular formula is C24H22ClN3O4. The Hall–Kier alpha value is -3.58. The zero-order valence-corrected chi connectivity index (χ0v) is 18.7. The highest BCUT2D eigenvalue weighted by atomic mass is 35.5. The minimum Gasteiger partial charge on any atom is -0.490 e. The third-order valence-corrected chi connectivity index (χ3v) is 5.05. The van der Waals surface area contributed by atoms with E-state index in [1.165, 1.54) is 5.06 Å². The van der Waals surface area contributed by atoms with Crippen molar-refractivity contribution < 1.29 is 19.1 Å². The standard InChI is InChI=1S/C24H22ClN3O4/c1-14-8-15(2)10-18(9-14)30-6-7-31-21-5-4-17(13-20(21)25)12-19-23(26)28-22(27-24(19)29)11-16(3)32-28/h4-5,8-13,26H,6-7H2,1-3H3/b19-12-,26-23?. The van der Waals surface area contributed by atoms with Gasteiger partial charge in [-0.3, -0.25) is 10.2 Å². The Morgan fingerprint density at radius 1 is 1.09 bits per heavy atom. The molecule has 0 bridgehead atoms. The van der Waals surface area contributed by atoms with Gasteiger partial charge in [-0.05, 0) is 67.8 Å². The van der Waals surface area contributed by atoms with Crippen LogP contribution in [0.1, 0.15) is 23.6 Å². The van der Waals surface area contributed by atoms with Gasteiger partial charge < -0.3 is 14.3 Å². The molecule has 0 spiro atoms. The first kappa shape index (κ1) is 21.6. The molecule has 2 aromatic rings. The van der Waals surface area contributed by atoms with E-state index in [1.807, 2.05) is 26.0 Å². The predicted octanol–water partition coefficient (Wildman–Crippen LogP) is 4.87. The van der Waals surface area contributed by atoms with E-state index in [1.54, 1.807) is 37.3 Å². The Labute approximate surface area is 191 Å². The molecule has 164 valence electrons. The molecule has 2 aromatic carbocycles. The van der Waals surface area contributed by atoms with Gasteiger partial charge in [0.2, 0.25) is 0 Å². The van der Waals surface area contributed by atoms with Gasteiger partial charge in [0.25, 0.3) is 5.91 Å². The predicted molar refractivity (Wildman–Crippen MR) is 123 cm³/mol. The Morgan fingerprint density at radius 3 is 2.53 bits per heavy atom. The molecule has 2 aliphatic rings. The van der Waals surface area contributed by atoms with E-state index in [0.29, 0.717) is 41.1 Å². The molecule has 0 saturated heterocycles. The van der Waals surface area contributed by atoms with Crippen LogP contribution < -0.4 is 9.47 Å². The second-order valence-electron chi connectivity index (χ2n) is 7.53. The van der Waals surface area contributed by atoms with Crippen molar-refractivity contribution in [3.63, 3.8) is 0 Å². The minimum atomic E-state index is -0.504. The number of nitrogens with zero attached hydrogens (tertiary/aromatic N) is 2. The van der Waals surface area contributed by atoms with Crippen molar-refractivity contribution >= 4 is 35.3 Å². The SMILES string of the molecule is CC1=CC2=NC(=O)/C(=C\c3ccc(OCCOc4cc(C)cc(C)c4)c(Cl)c3)C(=N)N2O1. The number of fused-ring (bicyclic) bond motifs is 1. The number of allylic oxidation sites excluding steroid dienone is 1. The second kappa shape index (κ2) is 8.88. The lowest BCUT2D eigenvalue weighted by molar-refractivity contribution is -0.114. The van der Waals surface area contributed by atoms with Crippen LogP contribution in [0.4, 0.5) is 0 Å². The van der Waals surface area contributed by atoms with E-state index in [4.69, 9.17) is 31.3 Å². The van der Waals surface area contributed by atoms with Gasteiger partial charge >= 0.3 is 0 Å². The molecule has 2 heterocycles. The van der Waals surface area contributed by atoms with Crippen molar-refractivity contribution in [3.05, 3.63) is 75.5 Å². The third kappa shape index (κ3) is 4.68. The van der Waals surface area contributed by atoms with Crippen molar-refractivity contribution in [1.82, 2.24) is 5.06 Å². The molecule has 1 N–H and O–H groups in total. The summed E-state index contributed by atoms with van der Waals surface area (Å²) in [5, 5.41) is 9.88. The van der Waals surface area contributed by atoms with Crippen LogP contribution in [0.3, 0.4) is 0 Å². The van der Waals surface area contributed by atoms with Gasteiger partial charge in [-0.25, -0.2) is 0 Å². The third-order valence-electron chi connectivity index (χ3n) is 4.75. The van der Waals surface area contributed by atoms with Gasteiger partial charge in [0.1, 0.15) is 30.5 Å². The first-order valence-corrected chi connectivity index (χ1v) is 10.4. The fourth-order valence-electron chi connectivity index (χ4n) is 3.42. The first-order valence-electron chi connectivity index (χ1n) is 10.0. The number of aliphatic imine (C=N–C) groups is 1. The molecule has 0 aromatic heterocycles. The summed E-state index contributed by atoms with van der Waals surface area (Å²) >= 11 is 6.36. The fourth-order valence-corrected chi connectivity index (χ4v) is 3.66. The molecule has 0 atom stereocenters. The number of ether oxygens (including phenoxy) is 2. The van der Waals surface area contributed by atoms with Gasteiger partial charge in [0.15, 0.2) is 11.7 Å². The lowest BCUT2D eigenvalue weighted by atomic mass is 10.1. The molecule has 32 heavy (non-hydrogen) atoms. The Bertz CT molecular complexity index is 1180. The van der Waals surface area contributed by atoms with Gasteiger partial charge in [0.05, 0.1) is 10.6 Å². The largest absolute Gasteiger partial charge is 0.490 e. The van der Waals surface area contributed by atoms with E-state index >= 15 is 0 Å². The summed E-state index contributed by atoms with van der Waals surface area (Å²) < 4.78 is 11.5. The molecule has 1 amide bonds. The maximum atomic E-state index is 12.4. The van der Waals surface area contributed by atoms with Crippen molar-refractivity contribution in [2.45, 2.75) is 20.8 Å². The van der Waals surface area contributed by atoms with Gasteiger partial charge in [-0.1, -0.05) is 23.7 Å². The van der Waals surface area contributed by atoms with Crippen LogP contribution >= 0.6 is 11.6 Å². The van der Waals surface area contributed by atoms with E-state index in [2.05, 4.69) is 11.1 Å². The highest BCUT2D eigenvalue weighted by molar-refractivity contribution is 6.33. The molecule has 0 unspecified atom stereocenters. The number of amides is 1. The van der Waals surface area contributed by atoms with Crippen LogP contribution in [0.5, 0.6) is 11.5 Å². The number of aryl methyl sites for hydroxylation is 2. The fraction of sp³-hybridized carbons (Fsp3) is 0.208. The Kier molecular flexibility index (Phi) is 6.01. The maximum Gasteiger partial charge on any atom is 0.282 e. The molecule has 0 radical (unpaired) electrons. The molecule has 0 fully saturated rings. The van der Waals surface area contributed by atoms with E-state index < -0.39 is 5.91 Å². The number of hydroxylamine groups is 2. The van der Waals surface area contributed by atoms with Crippen molar-refractivity contribution in [2.75, 3.05) is 13.2 Å². The lowest BCUT2D eigenvalue weighted by Gasteiger charge is -2.23. The summed E-state index contributed by atoms with van der Waals surface area (Å²) in [6.07, 6.45) is 3.16. The zero-order chi connectivity index (χ0) is 22.8. The summed E-state index contributed by atoms with van der Waals surface area (Å²) in [4.78, 5) is 21.8. The van der Waals surface area contributed by atoms with Crippen molar-refractivity contribution in [1.29, 1.82) is 5.41 Å². The second-order valence-corrected chi connectivity index (χ2v) is 7.94. The summed E-state index contributed by atoms with van der Waals surface area (Å²) in [6.45, 7) is 6.48. The summed E-state index contributed by atoms with van der Waals surface area (Å²) in [7, 11) is 0. The number of nitrogens with one attached hydrogen (secondary N) is 1. The van der Waals surface area contributed by atoms with Gasteiger partial charge in [-0.2, -0.15) is 4.99 Å². The van der Waals surface area contributed by atoms with Crippen LogP contribution in [0, 0.1) is 19.3 Å². The molecule has 0 aliphatic carbocycles. The normalized spacial score (nSPS) is 16.5. The number of benzene rings is 2. The maximum absolute atomic E-state index is 12.4. The average Bonchev–Trinajstić information content (AvgIpc) is 3.09. The molecular weight excluding hydrogens is 430 g/mol. The molecule has 0 saturated carbocycles. The number of carbonyl (C=O) groups is 1. The van der Waals surface area contributed by atoms with Gasteiger partial charge in [-0.15, -0.1) is 5.06 Å². The zero-order valence-electron chi connectivity index (χ0n) is 17.9. The number of amidine groups is 2. The number of rotatable bonds is 6. The summed E-state index contributed by atoms with van der Waals surface area (Å²) in [6, 6.07) is 11.2. The van der Waals surface area contributed by atoms with Crippen molar-refractivity contribution in [3.8, 4) is 11.5 Å². The topological polar surface area (TPSA) is 84.2 Å². The van der Waals surface area contributed by atoms with Crippen LogP contribution in [0.2, 0.25) is 5.02 Å². The highest BCUT2D eigenvalue weighted by Crippen LogP contribution is 2.28. The van der Waals surface area contributed by atoms with Crippen LogP contribution in [0.25, 0.3) is 6.08 Å². The number of carbonyl (C=O) groups excluding carboxylic acids is 1. The summed E-state index contributed by atoms with van der Waals surface area (Å²) in [5.41, 5.74) is 3.04. The lowest BCUT2D eigenvalue weighted by Crippen LogP contribution is -2.38. The van der Waals surface area contributed by atoms with E-state index in [0.717, 1.165) is 16.9 Å². The minimum absolute atomic E-state index is 0.0758. The van der Waals surface area contributed by atoms with Crippen molar-refractivity contribution in [2.24, 2.45) is 4.99 Å². The number of hydrogen-bond acceptors (Lipinski definition) is 5. The van der Waals surface area contributed by atoms with E-state index in [9.17, 15) is 4.79 Å².